The quantitative estimate of drug-likeness (QED) is 0.640. The maximum Gasteiger partial charge on any atom is 0.288 e. The van der Waals surface area contributed by atoms with Gasteiger partial charge in [0.2, 0.25) is 0 Å². The molecule has 0 unspecified atom stereocenters. The fourth-order valence-corrected chi connectivity index (χ4v) is 2.36. The van der Waals surface area contributed by atoms with Gasteiger partial charge in [0.15, 0.2) is 0 Å². The molecule has 1 saturated heterocycles. The van der Waals surface area contributed by atoms with Crippen LogP contribution in [0.3, 0.4) is 0 Å². The molecule has 1 aliphatic heterocycles. The highest BCUT2D eigenvalue weighted by molar-refractivity contribution is 6.32. The summed E-state index contributed by atoms with van der Waals surface area (Å²) in [5, 5.41) is 24.3. The molecule has 0 amide bonds. The molecule has 110 valence electrons. The maximum atomic E-state index is 10.8. The third kappa shape index (κ3) is 3.89. The topological polar surface area (TPSA) is 84.6 Å². The number of ether oxygens (including phenoxy) is 1. The largest absolute Gasteiger partial charge is 0.388 e. The summed E-state index contributed by atoms with van der Waals surface area (Å²) in [6, 6.07) is 4.69. The molecule has 2 rings (SSSR count). The van der Waals surface area contributed by atoms with Crippen LogP contribution in [0.4, 0.5) is 5.69 Å². The van der Waals surface area contributed by atoms with E-state index in [1.165, 1.54) is 12.1 Å². The van der Waals surface area contributed by atoms with Crippen molar-refractivity contribution in [2.45, 2.75) is 25.0 Å². The fourth-order valence-electron chi connectivity index (χ4n) is 2.18. The molecule has 0 atom stereocenters. The Morgan fingerprint density at radius 2 is 2.15 bits per heavy atom. The number of rotatable bonds is 5. The predicted molar refractivity (Wildman–Crippen MR) is 74.8 cm³/mol. The normalized spacial score (nSPS) is 17.9. The average Bonchev–Trinajstić information content (AvgIpc) is 2.41. The van der Waals surface area contributed by atoms with E-state index < -0.39 is 10.5 Å². The van der Waals surface area contributed by atoms with E-state index in [0.29, 0.717) is 39.1 Å². The molecule has 20 heavy (non-hydrogen) atoms. The summed E-state index contributed by atoms with van der Waals surface area (Å²) in [7, 11) is 0. The number of benzene rings is 1. The standard InChI is InChI=1S/C13H17ClN2O4/c14-11-2-1-10(7-12(11)16(18)19)8-15-9-13(17)3-5-20-6-4-13/h1-2,7,15,17H,3-6,8-9H2. The highest BCUT2D eigenvalue weighted by atomic mass is 35.5. The van der Waals surface area contributed by atoms with Gasteiger partial charge in [-0.15, -0.1) is 0 Å². The first-order valence-electron chi connectivity index (χ1n) is 6.44. The van der Waals surface area contributed by atoms with Crippen LogP contribution >= 0.6 is 11.6 Å². The molecular weight excluding hydrogens is 284 g/mol. The van der Waals surface area contributed by atoms with E-state index in [4.69, 9.17) is 16.3 Å². The van der Waals surface area contributed by atoms with Gasteiger partial charge in [0.25, 0.3) is 5.69 Å². The minimum Gasteiger partial charge on any atom is -0.388 e. The number of nitro benzene ring substituents is 1. The van der Waals surface area contributed by atoms with Crippen LogP contribution in [0.15, 0.2) is 18.2 Å². The van der Waals surface area contributed by atoms with Gasteiger partial charge in [-0.3, -0.25) is 10.1 Å². The van der Waals surface area contributed by atoms with Gasteiger partial charge in [0, 0.05) is 45.2 Å². The lowest BCUT2D eigenvalue weighted by Crippen LogP contribution is -2.44. The second kappa shape index (κ2) is 6.49. The highest BCUT2D eigenvalue weighted by Crippen LogP contribution is 2.25. The second-order valence-corrected chi connectivity index (χ2v) is 5.39. The molecule has 6 nitrogen and oxygen atoms in total. The van der Waals surface area contributed by atoms with Gasteiger partial charge in [0.1, 0.15) is 5.02 Å². The number of aliphatic hydroxyl groups is 1. The molecule has 0 spiro atoms. The molecule has 0 bridgehead atoms. The lowest BCUT2D eigenvalue weighted by atomic mass is 9.94. The van der Waals surface area contributed by atoms with E-state index >= 15 is 0 Å². The van der Waals surface area contributed by atoms with Gasteiger partial charge in [-0.05, 0) is 11.6 Å². The van der Waals surface area contributed by atoms with E-state index in [0.717, 1.165) is 5.56 Å². The van der Waals surface area contributed by atoms with Gasteiger partial charge < -0.3 is 15.2 Å². The highest BCUT2D eigenvalue weighted by Gasteiger charge is 2.29. The van der Waals surface area contributed by atoms with Crippen LogP contribution in [0, 0.1) is 10.1 Å². The summed E-state index contributed by atoms with van der Waals surface area (Å²) >= 11 is 5.75. The molecule has 0 aliphatic carbocycles. The second-order valence-electron chi connectivity index (χ2n) is 4.98. The van der Waals surface area contributed by atoms with Gasteiger partial charge in [-0.2, -0.15) is 0 Å². The van der Waals surface area contributed by atoms with Crippen molar-refractivity contribution < 1.29 is 14.8 Å². The first-order chi connectivity index (χ1) is 9.50. The van der Waals surface area contributed by atoms with Crippen molar-refractivity contribution in [1.29, 1.82) is 0 Å². The third-order valence-corrected chi connectivity index (χ3v) is 3.73. The lowest BCUT2D eigenvalue weighted by Gasteiger charge is -2.32. The van der Waals surface area contributed by atoms with Gasteiger partial charge in [-0.25, -0.2) is 0 Å². The summed E-state index contributed by atoms with van der Waals surface area (Å²) < 4.78 is 5.21. The van der Waals surface area contributed by atoms with Crippen LogP contribution in [-0.4, -0.2) is 35.4 Å². The zero-order valence-electron chi connectivity index (χ0n) is 11.0. The van der Waals surface area contributed by atoms with Crippen molar-refractivity contribution in [3.63, 3.8) is 0 Å². The SMILES string of the molecule is O=[N+]([O-])c1cc(CNCC2(O)CCOCC2)ccc1Cl. The van der Waals surface area contributed by atoms with Gasteiger partial charge >= 0.3 is 0 Å². The average molecular weight is 301 g/mol. The van der Waals surface area contributed by atoms with Gasteiger partial charge in [0.05, 0.1) is 10.5 Å². The molecule has 7 heteroatoms. The van der Waals surface area contributed by atoms with E-state index in [-0.39, 0.29) is 10.7 Å². The molecule has 1 heterocycles. The molecule has 1 fully saturated rings. The summed E-state index contributed by atoms with van der Waals surface area (Å²) in [6.07, 6.45) is 1.20. The number of halogens is 1. The van der Waals surface area contributed by atoms with Crippen LogP contribution in [0.5, 0.6) is 0 Å². The summed E-state index contributed by atoms with van der Waals surface area (Å²) in [5.74, 6) is 0. The van der Waals surface area contributed by atoms with Crippen LogP contribution < -0.4 is 5.32 Å². The van der Waals surface area contributed by atoms with E-state index in [1.807, 2.05) is 0 Å². The first kappa shape index (κ1) is 15.2. The van der Waals surface area contributed by atoms with Crippen LogP contribution in [0.25, 0.3) is 0 Å². The maximum absolute atomic E-state index is 10.8. The van der Waals surface area contributed by atoms with Crippen LogP contribution in [0.1, 0.15) is 18.4 Å². The van der Waals surface area contributed by atoms with Crippen LogP contribution in [-0.2, 0) is 11.3 Å². The Hall–Kier alpha value is -1.21. The number of nitrogens with one attached hydrogen (secondary N) is 1. The Kier molecular flexibility index (Phi) is 4.93. The van der Waals surface area contributed by atoms with E-state index in [2.05, 4.69) is 5.32 Å². The monoisotopic (exact) mass is 300 g/mol. The van der Waals surface area contributed by atoms with Crippen molar-refractivity contribution in [3.8, 4) is 0 Å². The fraction of sp³-hybridized carbons (Fsp3) is 0.538. The third-order valence-electron chi connectivity index (χ3n) is 3.41. The molecule has 0 aromatic heterocycles. The minimum atomic E-state index is -0.753. The smallest absolute Gasteiger partial charge is 0.288 e. The van der Waals surface area contributed by atoms with Crippen molar-refractivity contribution in [2.75, 3.05) is 19.8 Å². The molecular formula is C13H17ClN2O4. The van der Waals surface area contributed by atoms with Crippen molar-refractivity contribution in [3.05, 3.63) is 38.9 Å². The first-order valence-corrected chi connectivity index (χ1v) is 6.82. The Morgan fingerprint density at radius 1 is 1.45 bits per heavy atom. The Balaban J connectivity index is 1.91. The molecule has 0 saturated carbocycles. The Bertz CT molecular complexity index is 489. The number of hydrogen-bond acceptors (Lipinski definition) is 5. The lowest BCUT2D eigenvalue weighted by molar-refractivity contribution is -0.384. The Morgan fingerprint density at radius 3 is 2.80 bits per heavy atom. The molecule has 1 aromatic carbocycles. The zero-order chi connectivity index (χ0) is 14.6. The molecule has 1 aromatic rings. The molecule has 1 aliphatic rings. The predicted octanol–water partition coefficient (Wildman–Crippen LogP) is 1.88. The number of nitrogens with zero attached hydrogens (tertiary/aromatic N) is 1. The summed E-state index contributed by atoms with van der Waals surface area (Å²) in [6.45, 7) is 2.00. The van der Waals surface area contributed by atoms with Crippen molar-refractivity contribution >= 4 is 17.3 Å². The molecule has 0 radical (unpaired) electrons. The minimum absolute atomic E-state index is 0.101. The zero-order valence-corrected chi connectivity index (χ0v) is 11.7. The molecule has 2 N–H and O–H groups in total. The summed E-state index contributed by atoms with van der Waals surface area (Å²) in [4.78, 5) is 10.3. The van der Waals surface area contributed by atoms with Crippen molar-refractivity contribution in [1.82, 2.24) is 5.32 Å². The van der Waals surface area contributed by atoms with E-state index in [9.17, 15) is 15.2 Å². The van der Waals surface area contributed by atoms with Crippen molar-refractivity contribution in [2.24, 2.45) is 0 Å². The van der Waals surface area contributed by atoms with Gasteiger partial charge in [-0.1, -0.05) is 17.7 Å². The summed E-state index contributed by atoms with van der Waals surface area (Å²) in [5.41, 5.74) is -0.0936. The number of nitro groups is 1. The van der Waals surface area contributed by atoms with E-state index in [1.54, 1.807) is 6.07 Å². The number of hydrogen-bond donors (Lipinski definition) is 2. The van der Waals surface area contributed by atoms with Crippen LogP contribution in [0.2, 0.25) is 5.02 Å². The Labute approximate surface area is 121 Å².